The molecule has 0 N–H and O–H groups in total. The van der Waals surface area contributed by atoms with Gasteiger partial charge in [-0.05, 0) is 47.5 Å². The summed E-state index contributed by atoms with van der Waals surface area (Å²) in [4.78, 5) is 4.12. The zero-order chi connectivity index (χ0) is 16.6. The van der Waals surface area contributed by atoms with Crippen LogP contribution in [0, 0.1) is 0 Å². The lowest BCUT2D eigenvalue weighted by Gasteiger charge is -2.10. The summed E-state index contributed by atoms with van der Waals surface area (Å²) >= 11 is 0. The summed E-state index contributed by atoms with van der Waals surface area (Å²) in [6.45, 7) is 0. The second-order valence-corrected chi connectivity index (χ2v) is 6.16. The third-order valence-electron chi connectivity index (χ3n) is 4.70. The van der Waals surface area contributed by atoms with E-state index in [-0.39, 0.29) is 0 Å². The molecule has 25 heavy (non-hydrogen) atoms. The maximum absolute atomic E-state index is 4.12. The molecule has 2 aromatic heterocycles. The average molecular weight is 320 g/mol. The molecule has 5 aromatic rings. The van der Waals surface area contributed by atoms with Crippen LogP contribution in [0.25, 0.3) is 38.6 Å². The molecular formula is C23H16N2. The van der Waals surface area contributed by atoms with Gasteiger partial charge in [-0.2, -0.15) is 0 Å². The van der Waals surface area contributed by atoms with Crippen LogP contribution < -0.4 is 0 Å². The van der Waals surface area contributed by atoms with E-state index in [9.17, 15) is 0 Å². The average Bonchev–Trinajstić information content (AvgIpc) is 3.03. The molecule has 2 nitrogen and oxygen atoms in total. The molecule has 0 saturated heterocycles. The Morgan fingerprint density at radius 3 is 1.88 bits per heavy atom. The largest absolute Gasteiger partial charge is 0.309 e. The molecule has 0 radical (unpaired) electrons. The van der Waals surface area contributed by atoms with Crippen molar-refractivity contribution >= 4 is 21.8 Å². The Bertz CT molecular complexity index is 1130. The SMILES string of the molecule is c1cc(-c2ccncc2)cc(-n2c3ccccc3c3ccccc32)c1. The van der Waals surface area contributed by atoms with E-state index in [4.69, 9.17) is 0 Å². The van der Waals surface area contributed by atoms with Crippen molar-refractivity contribution in [2.75, 3.05) is 0 Å². The molecule has 3 aromatic carbocycles. The Balaban J connectivity index is 1.81. The monoisotopic (exact) mass is 320 g/mol. The predicted octanol–water partition coefficient (Wildman–Crippen LogP) is 5.85. The van der Waals surface area contributed by atoms with E-state index in [1.165, 1.54) is 38.6 Å². The molecule has 0 aliphatic heterocycles. The summed E-state index contributed by atoms with van der Waals surface area (Å²) in [5.41, 5.74) is 6.01. The molecule has 2 heterocycles. The van der Waals surface area contributed by atoms with Crippen molar-refractivity contribution in [3.05, 3.63) is 97.3 Å². The first kappa shape index (κ1) is 14.0. The van der Waals surface area contributed by atoms with E-state index in [1.807, 2.05) is 24.5 Å². The van der Waals surface area contributed by atoms with Gasteiger partial charge >= 0.3 is 0 Å². The molecule has 0 bridgehead atoms. The number of nitrogens with zero attached hydrogens (tertiary/aromatic N) is 2. The zero-order valence-corrected chi connectivity index (χ0v) is 13.6. The van der Waals surface area contributed by atoms with E-state index in [1.54, 1.807) is 0 Å². The van der Waals surface area contributed by atoms with E-state index in [0.29, 0.717) is 0 Å². The van der Waals surface area contributed by atoms with Gasteiger partial charge in [0.1, 0.15) is 0 Å². The smallest absolute Gasteiger partial charge is 0.0541 e. The van der Waals surface area contributed by atoms with Crippen LogP contribution in [0.1, 0.15) is 0 Å². The van der Waals surface area contributed by atoms with E-state index in [2.05, 4.69) is 82.3 Å². The summed E-state index contributed by atoms with van der Waals surface area (Å²) in [6, 6.07) is 30.0. The van der Waals surface area contributed by atoms with Crippen molar-refractivity contribution in [2.45, 2.75) is 0 Å². The molecular weight excluding hydrogens is 304 g/mol. The highest BCUT2D eigenvalue weighted by atomic mass is 15.0. The van der Waals surface area contributed by atoms with Crippen molar-refractivity contribution in [3.8, 4) is 16.8 Å². The maximum atomic E-state index is 4.12. The lowest BCUT2D eigenvalue weighted by molar-refractivity contribution is 1.18. The Morgan fingerprint density at radius 1 is 0.560 bits per heavy atom. The molecule has 2 heteroatoms. The molecule has 0 amide bonds. The van der Waals surface area contributed by atoms with Crippen LogP contribution in [0.3, 0.4) is 0 Å². The van der Waals surface area contributed by atoms with Gasteiger partial charge in [0.15, 0.2) is 0 Å². The Labute approximate surface area is 146 Å². The van der Waals surface area contributed by atoms with E-state index >= 15 is 0 Å². The van der Waals surface area contributed by atoms with E-state index in [0.717, 1.165) is 0 Å². The fraction of sp³-hybridized carbons (Fsp3) is 0. The maximum Gasteiger partial charge on any atom is 0.0541 e. The predicted molar refractivity (Wildman–Crippen MR) is 104 cm³/mol. The number of benzene rings is 3. The minimum absolute atomic E-state index is 1.17. The van der Waals surface area contributed by atoms with Gasteiger partial charge in [-0.15, -0.1) is 0 Å². The number of fused-ring (bicyclic) bond motifs is 3. The van der Waals surface area contributed by atoms with Crippen molar-refractivity contribution in [2.24, 2.45) is 0 Å². The minimum Gasteiger partial charge on any atom is -0.309 e. The number of hydrogen-bond donors (Lipinski definition) is 0. The third-order valence-corrected chi connectivity index (χ3v) is 4.70. The third kappa shape index (κ3) is 2.23. The topological polar surface area (TPSA) is 17.8 Å². The Hall–Kier alpha value is -3.39. The van der Waals surface area contributed by atoms with Gasteiger partial charge in [-0.1, -0.05) is 48.5 Å². The van der Waals surface area contributed by atoms with Crippen LogP contribution in [0.15, 0.2) is 97.3 Å². The molecule has 5 rings (SSSR count). The van der Waals surface area contributed by atoms with Crippen molar-refractivity contribution in [1.29, 1.82) is 0 Å². The quantitative estimate of drug-likeness (QED) is 0.399. The van der Waals surface area contributed by atoms with Crippen LogP contribution in [0.4, 0.5) is 0 Å². The molecule has 0 atom stereocenters. The molecule has 0 fully saturated rings. The summed E-state index contributed by atoms with van der Waals surface area (Å²) in [6.07, 6.45) is 3.67. The summed E-state index contributed by atoms with van der Waals surface area (Å²) in [7, 11) is 0. The van der Waals surface area contributed by atoms with Crippen molar-refractivity contribution in [3.63, 3.8) is 0 Å². The fourth-order valence-corrected chi connectivity index (χ4v) is 3.57. The molecule has 0 unspecified atom stereocenters. The Kier molecular flexibility index (Phi) is 3.14. The number of rotatable bonds is 2. The number of para-hydroxylation sites is 2. The number of aromatic nitrogens is 2. The molecule has 0 saturated carbocycles. The second-order valence-electron chi connectivity index (χ2n) is 6.16. The summed E-state index contributed by atoms with van der Waals surface area (Å²) in [5, 5.41) is 2.57. The van der Waals surface area contributed by atoms with Crippen LogP contribution >= 0.6 is 0 Å². The molecule has 0 spiro atoms. The normalized spacial score (nSPS) is 11.2. The van der Waals surface area contributed by atoms with Gasteiger partial charge in [-0.25, -0.2) is 0 Å². The molecule has 118 valence electrons. The summed E-state index contributed by atoms with van der Waals surface area (Å²) in [5.74, 6) is 0. The fourth-order valence-electron chi connectivity index (χ4n) is 3.57. The van der Waals surface area contributed by atoms with E-state index < -0.39 is 0 Å². The Morgan fingerprint density at radius 2 is 1.20 bits per heavy atom. The summed E-state index contributed by atoms with van der Waals surface area (Å²) < 4.78 is 2.34. The highest BCUT2D eigenvalue weighted by molar-refractivity contribution is 6.09. The van der Waals surface area contributed by atoms with Gasteiger partial charge in [0.2, 0.25) is 0 Å². The first-order valence-electron chi connectivity index (χ1n) is 8.41. The standard InChI is InChI=1S/C23H16N2/c1-3-10-22-20(8-1)21-9-2-4-11-23(21)25(22)19-7-5-6-18(16-19)17-12-14-24-15-13-17/h1-16H. The highest BCUT2D eigenvalue weighted by Gasteiger charge is 2.11. The van der Waals surface area contributed by atoms with Crippen LogP contribution in [0.5, 0.6) is 0 Å². The van der Waals surface area contributed by atoms with Gasteiger partial charge < -0.3 is 4.57 Å². The zero-order valence-electron chi connectivity index (χ0n) is 13.6. The lowest BCUT2D eigenvalue weighted by atomic mass is 10.1. The molecule has 0 aliphatic carbocycles. The van der Waals surface area contributed by atoms with Crippen LogP contribution in [-0.2, 0) is 0 Å². The van der Waals surface area contributed by atoms with Gasteiger partial charge in [-0.3, -0.25) is 4.98 Å². The minimum atomic E-state index is 1.17. The first-order chi connectivity index (χ1) is 12.4. The second kappa shape index (κ2) is 5.60. The lowest BCUT2D eigenvalue weighted by Crippen LogP contribution is -1.94. The van der Waals surface area contributed by atoms with Gasteiger partial charge in [0.25, 0.3) is 0 Å². The molecule has 0 aliphatic rings. The highest BCUT2D eigenvalue weighted by Crippen LogP contribution is 2.32. The van der Waals surface area contributed by atoms with Gasteiger partial charge in [0, 0.05) is 28.9 Å². The first-order valence-corrected chi connectivity index (χ1v) is 8.41. The van der Waals surface area contributed by atoms with Crippen molar-refractivity contribution in [1.82, 2.24) is 9.55 Å². The number of hydrogen-bond acceptors (Lipinski definition) is 1. The van der Waals surface area contributed by atoms with Gasteiger partial charge in [0.05, 0.1) is 11.0 Å². The van der Waals surface area contributed by atoms with Crippen LogP contribution in [0.2, 0.25) is 0 Å². The van der Waals surface area contributed by atoms with Crippen LogP contribution in [-0.4, -0.2) is 9.55 Å². The van der Waals surface area contributed by atoms with Crippen molar-refractivity contribution < 1.29 is 0 Å². The number of pyridine rings is 1.